The largest absolute Gasteiger partial charge is 0.387 e. The first kappa shape index (κ1) is 25.7. The fraction of sp³-hybridized carbons (Fsp3) is 0.483. The summed E-state index contributed by atoms with van der Waals surface area (Å²) in [6.07, 6.45) is 2.84. The second kappa shape index (κ2) is 10.2. The van der Waals surface area contributed by atoms with Crippen LogP contribution in [-0.4, -0.2) is 88.0 Å². The van der Waals surface area contributed by atoms with Crippen LogP contribution in [0.1, 0.15) is 41.0 Å². The van der Waals surface area contributed by atoms with E-state index in [0.717, 1.165) is 41.6 Å². The Hall–Kier alpha value is -3.53. The molecule has 2 fully saturated rings. The van der Waals surface area contributed by atoms with E-state index in [2.05, 4.69) is 10.00 Å². The van der Waals surface area contributed by atoms with Crippen LogP contribution < -0.4 is 4.90 Å². The highest BCUT2D eigenvalue weighted by Gasteiger charge is 2.37. The van der Waals surface area contributed by atoms with Crippen LogP contribution in [0.15, 0.2) is 36.4 Å². The number of anilines is 1. The zero-order chi connectivity index (χ0) is 27.1. The van der Waals surface area contributed by atoms with Gasteiger partial charge in [0.25, 0.3) is 5.91 Å². The summed E-state index contributed by atoms with van der Waals surface area (Å²) >= 11 is 0. The molecule has 8 nitrogen and oxygen atoms in total. The highest BCUT2D eigenvalue weighted by molar-refractivity contribution is 5.95. The molecule has 0 bridgehead atoms. The lowest BCUT2D eigenvalue weighted by molar-refractivity contribution is -0.132. The third kappa shape index (κ3) is 4.75. The second-order valence-electron chi connectivity index (χ2n) is 10.9. The quantitative estimate of drug-likeness (QED) is 0.541. The molecule has 1 N–H and O–H groups in total. The molecule has 6 rings (SSSR count). The van der Waals surface area contributed by atoms with Crippen LogP contribution in [0.2, 0.25) is 0 Å². The summed E-state index contributed by atoms with van der Waals surface area (Å²) in [5.74, 6) is -0.490. The van der Waals surface area contributed by atoms with Gasteiger partial charge in [-0.3, -0.25) is 14.3 Å². The number of alkyl halides is 1. The normalized spacial score (nSPS) is 19.0. The third-order valence-electron chi connectivity index (χ3n) is 8.54. The van der Waals surface area contributed by atoms with E-state index >= 15 is 0 Å². The molecule has 10 heteroatoms. The van der Waals surface area contributed by atoms with E-state index in [4.69, 9.17) is 0 Å². The van der Waals surface area contributed by atoms with Crippen LogP contribution in [0.5, 0.6) is 0 Å². The fourth-order valence-electron chi connectivity index (χ4n) is 6.18. The molecule has 1 aliphatic carbocycles. The number of aliphatic hydroxyl groups is 1. The Labute approximate surface area is 225 Å². The van der Waals surface area contributed by atoms with Gasteiger partial charge in [0.15, 0.2) is 5.69 Å². The summed E-state index contributed by atoms with van der Waals surface area (Å²) in [7, 11) is 0. The number of piperazine rings is 1. The summed E-state index contributed by atoms with van der Waals surface area (Å²) in [4.78, 5) is 32.2. The highest BCUT2D eigenvalue weighted by Crippen LogP contribution is 2.31. The monoisotopic (exact) mass is 537 g/mol. The van der Waals surface area contributed by atoms with Crippen LogP contribution in [0, 0.1) is 5.82 Å². The topological polar surface area (TPSA) is 81.9 Å². The number of amides is 2. The number of hydrogen-bond acceptors (Lipinski definition) is 5. The van der Waals surface area contributed by atoms with Crippen LogP contribution in [0.3, 0.4) is 0 Å². The summed E-state index contributed by atoms with van der Waals surface area (Å²) in [6.45, 7) is 2.22. The van der Waals surface area contributed by atoms with Crippen molar-refractivity contribution in [2.75, 3.05) is 50.8 Å². The van der Waals surface area contributed by atoms with Gasteiger partial charge in [0.1, 0.15) is 19.0 Å². The number of piperidine rings is 1. The van der Waals surface area contributed by atoms with Crippen LogP contribution in [-0.2, 0) is 24.2 Å². The smallest absolute Gasteiger partial charge is 0.274 e. The van der Waals surface area contributed by atoms with Gasteiger partial charge in [0.05, 0.1) is 5.60 Å². The minimum Gasteiger partial charge on any atom is -0.387 e. The number of nitrogens with zero attached hydrogens (tertiary/aromatic N) is 5. The van der Waals surface area contributed by atoms with Gasteiger partial charge in [-0.1, -0.05) is 24.3 Å². The van der Waals surface area contributed by atoms with E-state index < -0.39 is 12.3 Å². The summed E-state index contributed by atoms with van der Waals surface area (Å²) in [6, 6.07) is 10.7. The number of hydrogen-bond donors (Lipinski definition) is 1. The molecule has 3 aliphatic rings. The number of halogens is 2. The first-order chi connectivity index (χ1) is 18.9. The molecule has 0 saturated carbocycles. The van der Waals surface area contributed by atoms with E-state index in [1.54, 1.807) is 21.7 Å². The molecule has 2 saturated heterocycles. The number of carbonyl (C=O) groups is 2. The molecule has 2 aromatic carbocycles. The van der Waals surface area contributed by atoms with E-state index in [9.17, 15) is 23.5 Å². The fourth-order valence-corrected chi connectivity index (χ4v) is 6.18. The molecule has 39 heavy (non-hydrogen) atoms. The lowest BCUT2D eigenvalue weighted by Gasteiger charge is -2.36. The van der Waals surface area contributed by atoms with Gasteiger partial charge in [0, 0.05) is 67.0 Å². The SMILES string of the molecule is O=C(Cn1nc(C(=O)N2CCC(O)(CF)CC2)c2c1CCC2)N1CCN(c2cccc3c(F)cccc23)CC1. The number of rotatable bonds is 5. The number of benzene rings is 2. The zero-order valence-electron chi connectivity index (χ0n) is 21.9. The molecule has 3 aromatic rings. The van der Waals surface area contributed by atoms with Crippen molar-refractivity contribution in [2.45, 2.75) is 44.2 Å². The highest BCUT2D eigenvalue weighted by atomic mass is 19.1. The molecule has 0 unspecified atom stereocenters. The molecule has 0 radical (unpaired) electrons. The van der Waals surface area contributed by atoms with Gasteiger partial charge >= 0.3 is 0 Å². The Morgan fingerprint density at radius 3 is 2.38 bits per heavy atom. The first-order valence-electron chi connectivity index (χ1n) is 13.7. The Morgan fingerprint density at radius 1 is 0.923 bits per heavy atom. The van der Waals surface area contributed by atoms with Crippen molar-refractivity contribution in [3.63, 3.8) is 0 Å². The predicted molar refractivity (Wildman–Crippen MR) is 143 cm³/mol. The van der Waals surface area contributed by atoms with E-state index in [1.165, 1.54) is 6.07 Å². The van der Waals surface area contributed by atoms with Crippen LogP contribution in [0.4, 0.5) is 14.5 Å². The molecule has 3 heterocycles. The van der Waals surface area contributed by atoms with Gasteiger partial charge < -0.3 is 19.8 Å². The Morgan fingerprint density at radius 2 is 1.64 bits per heavy atom. The van der Waals surface area contributed by atoms with Crippen molar-refractivity contribution in [3.8, 4) is 0 Å². The maximum absolute atomic E-state index is 14.3. The lowest BCUT2D eigenvalue weighted by Crippen LogP contribution is -2.49. The Bertz CT molecular complexity index is 1410. The number of likely N-dealkylation sites (tertiary alicyclic amines) is 1. The zero-order valence-corrected chi connectivity index (χ0v) is 21.9. The van der Waals surface area contributed by atoms with Crippen molar-refractivity contribution >= 4 is 28.3 Å². The molecular formula is C29H33F2N5O3. The Kier molecular flexibility index (Phi) is 6.74. The first-order valence-corrected chi connectivity index (χ1v) is 13.7. The molecule has 1 aromatic heterocycles. The van der Waals surface area contributed by atoms with Crippen molar-refractivity contribution in [1.29, 1.82) is 0 Å². The lowest BCUT2D eigenvalue weighted by atomic mass is 9.92. The molecule has 2 aliphatic heterocycles. The predicted octanol–water partition coefficient (Wildman–Crippen LogP) is 2.95. The van der Waals surface area contributed by atoms with E-state index in [0.29, 0.717) is 37.3 Å². The van der Waals surface area contributed by atoms with Gasteiger partial charge in [0.2, 0.25) is 5.91 Å². The van der Waals surface area contributed by atoms with Gasteiger partial charge in [-0.25, -0.2) is 8.78 Å². The minimum absolute atomic E-state index is 0.0409. The van der Waals surface area contributed by atoms with Crippen molar-refractivity contribution in [3.05, 3.63) is 59.2 Å². The van der Waals surface area contributed by atoms with Gasteiger partial charge in [-0.2, -0.15) is 5.10 Å². The molecule has 0 spiro atoms. The summed E-state index contributed by atoms with van der Waals surface area (Å²) in [5.41, 5.74) is 1.86. The standard InChI is InChI=1S/C29H33F2N5O3/c30-19-29(39)10-12-35(13-11-29)28(38)27-22-6-3-9-25(22)36(32-27)18-26(37)34-16-14-33(15-17-34)24-8-2-4-20-21(24)5-1-7-23(20)31/h1-2,4-5,7-8,39H,3,6,9-19H2. The third-order valence-corrected chi connectivity index (χ3v) is 8.54. The molecule has 2 amide bonds. The number of aromatic nitrogens is 2. The average Bonchev–Trinajstić information content (AvgIpc) is 3.57. The van der Waals surface area contributed by atoms with Crippen LogP contribution in [0.25, 0.3) is 10.8 Å². The minimum atomic E-state index is -1.35. The van der Waals surface area contributed by atoms with Crippen molar-refractivity contribution in [1.82, 2.24) is 19.6 Å². The van der Waals surface area contributed by atoms with E-state index in [-0.39, 0.29) is 50.1 Å². The van der Waals surface area contributed by atoms with Crippen molar-refractivity contribution < 1.29 is 23.5 Å². The number of carbonyl (C=O) groups excluding carboxylic acids is 2. The average molecular weight is 538 g/mol. The number of fused-ring (bicyclic) bond motifs is 2. The van der Waals surface area contributed by atoms with Gasteiger partial charge in [-0.05, 0) is 44.2 Å². The molecule has 206 valence electrons. The molecular weight excluding hydrogens is 504 g/mol. The second-order valence-corrected chi connectivity index (χ2v) is 10.9. The van der Waals surface area contributed by atoms with Crippen LogP contribution >= 0.6 is 0 Å². The Balaban J connectivity index is 1.12. The maximum atomic E-state index is 14.3. The van der Waals surface area contributed by atoms with Crippen molar-refractivity contribution in [2.24, 2.45) is 0 Å². The van der Waals surface area contributed by atoms with Gasteiger partial charge in [-0.15, -0.1) is 0 Å². The summed E-state index contributed by atoms with van der Waals surface area (Å²) in [5, 5.41) is 16.2. The molecule has 0 atom stereocenters. The maximum Gasteiger partial charge on any atom is 0.274 e. The summed E-state index contributed by atoms with van der Waals surface area (Å²) < 4.78 is 29.1. The van der Waals surface area contributed by atoms with E-state index in [1.807, 2.05) is 23.1 Å².